The third-order valence-corrected chi connectivity index (χ3v) is 10.8. The summed E-state index contributed by atoms with van der Waals surface area (Å²) in [6.45, 7) is 13.8. The van der Waals surface area contributed by atoms with Gasteiger partial charge in [0.05, 0.1) is 19.8 Å². The van der Waals surface area contributed by atoms with Gasteiger partial charge in [-0.05, 0) is 50.7 Å². The van der Waals surface area contributed by atoms with Crippen LogP contribution in [0.5, 0.6) is 0 Å². The average Bonchev–Trinajstić information content (AvgIpc) is 2.53. The van der Waals surface area contributed by atoms with Crippen molar-refractivity contribution in [2.24, 2.45) is 5.92 Å². The number of unbranched alkanes of at least 4 members (excludes halogenated alkanes) is 1. The lowest BCUT2D eigenvalue weighted by molar-refractivity contribution is -0.145. The second-order valence-electron chi connectivity index (χ2n) is 8.64. The van der Waals surface area contributed by atoms with Crippen LogP contribution in [0.3, 0.4) is 0 Å². The van der Waals surface area contributed by atoms with Crippen molar-refractivity contribution in [1.29, 1.82) is 0 Å². The highest BCUT2D eigenvalue weighted by Crippen LogP contribution is 2.49. The molecule has 0 amide bonds. The standard InChI is InChI=1S/C20H41O7PSi/c1-8-11-12-25-19(22)14-17(15-20(4,5)29(6,7)24)13-18(21)16-28(23,26-9-2)27-10-3/h17,24H,8-16H2,1-7H3/t17-/m1/s1. The van der Waals surface area contributed by atoms with Gasteiger partial charge in [0, 0.05) is 12.8 Å². The average molecular weight is 453 g/mol. The number of carbonyl (C=O) groups is 2. The van der Waals surface area contributed by atoms with E-state index in [1.54, 1.807) is 13.8 Å². The molecule has 0 radical (unpaired) electrons. The minimum absolute atomic E-state index is 0.0704. The predicted octanol–water partition coefficient (Wildman–Crippen LogP) is 4.93. The molecule has 1 atom stereocenters. The van der Waals surface area contributed by atoms with Crippen molar-refractivity contribution >= 4 is 27.7 Å². The van der Waals surface area contributed by atoms with Gasteiger partial charge in [-0.15, -0.1) is 0 Å². The van der Waals surface area contributed by atoms with Crippen LogP contribution in [0.25, 0.3) is 0 Å². The Bertz CT molecular complexity index is 548. The summed E-state index contributed by atoms with van der Waals surface area (Å²) >= 11 is 0. The maximum absolute atomic E-state index is 12.7. The highest BCUT2D eigenvalue weighted by atomic mass is 31.2. The van der Waals surface area contributed by atoms with Crippen LogP contribution in [0.2, 0.25) is 18.1 Å². The van der Waals surface area contributed by atoms with E-state index in [1.807, 2.05) is 33.9 Å². The maximum atomic E-state index is 12.7. The minimum Gasteiger partial charge on any atom is -0.466 e. The first-order valence-electron chi connectivity index (χ1n) is 10.6. The lowest BCUT2D eigenvalue weighted by atomic mass is 9.89. The van der Waals surface area contributed by atoms with E-state index in [9.17, 15) is 18.9 Å². The number of rotatable bonds is 16. The molecule has 0 spiro atoms. The molecule has 0 saturated carbocycles. The number of ketones is 1. The van der Waals surface area contributed by atoms with E-state index in [0.717, 1.165) is 12.8 Å². The molecule has 0 unspecified atom stereocenters. The van der Waals surface area contributed by atoms with E-state index < -0.39 is 21.0 Å². The first kappa shape index (κ1) is 28.5. The molecule has 0 bridgehead atoms. The normalized spacial score (nSPS) is 13.9. The second kappa shape index (κ2) is 13.0. The van der Waals surface area contributed by atoms with Gasteiger partial charge in [-0.2, -0.15) is 0 Å². The Morgan fingerprint density at radius 3 is 2.07 bits per heavy atom. The Balaban J connectivity index is 5.24. The largest absolute Gasteiger partial charge is 0.466 e. The molecule has 0 heterocycles. The summed E-state index contributed by atoms with van der Waals surface area (Å²) in [6.07, 6.45) is 2.08. The summed E-state index contributed by atoms with van der Waals surface area (Å²) < 4.78 is 28.3. The van der Waals surface area contributed by atoms with Gasteiger partial charge in [-0.3, -0.25) is 14.2 Å². The van der Waals surface area contributed by atoms with Crippen LogP contribution in [-0.2, 0) is 27.9 Å². The SMILES string of the molecule is CCCCOC(=O)C[C@@H](CC(=O)CP(=O)(OCC)OCC)CC(C)(C)[Si](C)(C)O. The molecule has 0 aliphatic heterocycles. The van der Waals surface area contributed by atoms with E-state index in [0.29, 0.717) is 13.0 Å². The van der Waals surface area contributed by atoms with E-state index in [2.05, 4.69) is 0 Å². The molecule has 9 heteroatoms. The molecule has 172 valence electrons. The molecule has 0 fully saturated rings. The van der Waals surface area contributed by atoms with Crippen molar-refractivity contribution in [3.63, 3.8) is 0 Å². The zero-order valence-corrected chi connectivity index (χ0v) is 21.2. The first-order valence-corrected chi connectivity index (χ1v) is 15.3. The van der Waals surface area contributed by atoms with Gasteiger partial charge >= 0.3 is 13.6 Å². The Kier molecular flexibility index (Phi) is 12.8. The van der Waals surface area contributed by atoms with E-state index in [4.69, 9.17) is 13.8 Å². The van der Waals surface area contributed by atoms with Crippen LogP contribution in [-0.4, -0.2) is 50.8 Å². The summed E-state index contributed by atoms with van der Waals surface area (Å²) in [5, 5.41) is -0.398. The number of Topliss-reactive ketones (excluding diaryl/α,β-unsaturated/α-hetero) is 1. The molecule has 0 aromatic rings. The molecule has 7 nitrogen and oxygen atoms in total. The summed E-state index contributed by atoms with van der Waals surface area (Å²) in [5.74, 6) is -0.917. The fourth-order valence-electron chi connectivity index (χ4n) is 2.94. The van der Waals surface area contributed by atoms with E-state index in [-0.39, 0.29) is 49.9 Å². The highest BCUT2D eigenvalue weighted by Gasteiger charge is 2.41. The molecule has 0 aromatic heterocycles. The van der Waals surface area contributed by atoms with Gasteiger partial charge in [-0.1, -0.05) is 27.2 Å². The number of ether oxygens (including phenoxy) is 1. The minimum atomic E-state index is -3.48. The highest BCUT2D eigenvalue weighted by molar-refractivity contribution is 7.54. The van der Waals surface area contributed by atoms with Crippen molar-refractivity contribution < 1.29 is 32.7 Å². The molecular formula is C20H41O7PSi. The van der Waals surface area contributed by atoms with Crippen molar-refractivity contribution in [2.75, 3.05) is 26.0 Å². The summed E-state index contributed by atoms with van der Waals surface area (Å²) in [7, 11) is -6.00. The quantitative estimate of drug-likeness (QED) is 0.153. The van der Waals surface area contributed by atoms with Gasteiger partial charge < -0.3 is 18.6 Å². The van der Waals surface area contributed by atoms with Crippen LogP contribution in [0.1, 0.15) is 66.7 Å². The molecule has 29 heavy (non-hydrogen) atoms. The Morgan fingerprint density at radius 1 is 1.07 bits per heavy atom. The third kappa shape index (κ3) is 11.4. The Labute approximate surface area is 177 Å². The zero-order valence-electron chi connectivity index (χ0n) is 19.3. The summed E-state index contributed by atoms with van der Waals surface area (Å²) in [5.41, 5.74) is 0. The number of hydrogen-bond acceptors (Lipinski definition) is 7. The van der Waals surface area contributed by atoms with Gasteiger partial charge in [0.2, 0.25) is 0 Å². The molecule has 0 saturated heterocycles. The summed E-state index contributed by atoms with van der Waals surface area (Å²) in [6, 6.07) is 0. The fraction of sp³-hybridized carbons (Fsp3) is 0.900. The van der Waals surface area contributed by atoms with Crippen LogP contribution in [0.15, 0.2) is 0 Å². The molecule has 0 rings (SSSR count). The smallest absolute Gasteiger partial charge is 0.338 e. The van der Waals surface area contributed by atoms with Gasteiger partial charge in [0.1, 0.15) is 11.9 Å². The van der Waals surface area contributed by atoms with Crippen molar-refractivity contribution in [1.82, 2.24) is 0 Å². The van der Waals surface area contributed by atoms with Crippen molar-refractivity contribution in [3.8, 4) is 0 Å². The Morgan fingerprint density at radius 2 is 1.62 bits per heavy atom. The number of hydrogen-bond donors (Lipinski definition) is 1. The van der Waals surface area contributed by atoms with Crippen LogP contribution < -0.4 is 0 Å². The molecule has 0 aliphatic rings. The topological polar surface area (TPSA) is 99.1 Å². The van der Waals surface area contributed by atoms with E-state index in [1.165, 1.54) is 0 Å². The third-order valence-electron chi connectivity index (χ3n) is 5.21. The lowest BCUT2D eigenvalue weighted by Crippen LogP contribution is -2.40. The predicted molar refractivity (Wildman–Crippen MR) is 118 cm³/mol. The van der Waals surface area contributed by atoms with E-state index >= 15 is 0 Å². The second-order valence-corrected chi connectivity index (χ2v) is 15.2. The fourth-order valence-corrected chi connectivity index (χ4v) is 5.33. The zero-order chi connectivity index (χ0) is 22.7. The lowest BCUT2D eigenvalue weighted by Gasteiger charge is -2.37. The number of carbonyl (C=O) groups excluding carboxylic acids is 2. The van der Waals surface area contributed by atoms with Gasteiger partial charge in [-0.25, -0.2) is 0 Å². The monoisotopic (exact) mass is 452 g/mol. The summed E-state index contributed by atoms with van der Waals surface area (Å²) in [4.78, 5) is 35.5. The first-order chi connectivity index (χ1) is 13.3. The van der Waals surface area contributed by atoms with Crippen LogP contribution >= 0.6 is 7.60 Å². The van der Waals surface area contributed by atoms with Crippen LogP contribution in [0.4, 0.5) is 0 Å². The van der Waals surface area contributed by atoms with Gasteiger partial charge in [0.15, 0.2) is 8.32 Å². The van der Waals surface area contributed by atoms with Crippen molar-refractivity contribution in [3.05, 3.63) is 0 Å². The maximum Gasteiger partial charge on any atom is 0.338 e. The molecular weight excluding hydrogens is 411 g/mol. The van der Waals surface area contributed by atoms with Gasteiger partial charge in [0.25, 0.3) is 0 Å². The van der Waals surface area contributed by atoms with Crippen molar-refractivity contribution in [2.45, 2.75) is 84.9 Å². The molecule has 0 aromatic carbocycles. The molecule has 0 aliphatic carbocycles. The number of esters is 1. The van der Waals surface area contributed by atoms with Crippen LogP contribution in [0, 0.1) is 5.92 Å². The Hall–Kier alpha value is -0.533. The molecule has 1 N–H and O–H groups in total.